The van der Waals surface area contributed by atoms with Crippen LogP contribution in [-0.4, -0.2) is 11.3 Å². The van der Waals surface area contributed by atoms with Crippen molar-refractivity contribution in [2.75, 3.05) is 0 Å². The Morgan fingerprint density at radius 2 is 1.93 bits per heavy atom. The maximum atomic E-state index is 12.2. The van der Waals surface area contributed by atoms with Crippen molar-refractivity contribution in [1.82, 2.24) is 0 Å². The van der Waals surface area contributed by atoms with Crippen molar-refractivity contribution in [3.05, 3.63) is 21.9 Å². The lowest BCUT2D eigenvalue weighted by Gasteiger charge is -2.12. The molecule has 1 nitrogen and oxygen atoms in total. The topological polar surface area (TPSA) is 20.2 Å². The Kier molecular flexibility index (Phi) is 3.78. The first kappa shape index (κ1) is 12.5. The van der Waals surface area contributed by atoms with Gasteiger partial charge in [-0.1, -0.05) is 13.8 Å². The van der Waals surface area contributed by atoms with Gasteiger partial charge in [-0.25, -0.2) is 0 Å². The van der Waals surface area contributed by atoms with E-state index in [0.717, 1.165) is 22.6 Å². The van der Waals surface area contributed by atoms with Gasteiger partial charge in [0.05, 0.1) is 0 Å². The maximum absolute atomic E-state index is 12.2. The molecule has 86 valence electrons. The molecule has 1 N–H and O–H groups in total. The molecule has 0 amide bonds. The highest BCUT2D eigenvalue weighted by atomic mass is 32.1. The first-order valence-electron chi connectivity index (χ1n) is 4.64. The van der Waals surface area contributed by atoms with E-state index in [1.165, 1.54) is 6.07 Å². The van der Waals surface area contributed by atoms with Gasteiger partial charge in [0.1, 0.15) is 0 Å². The number of hydrogen-bond acceptors (Lipinski definition) is 2. The molecule has 0 aliphatic carbocycles. The molecule has 1 aromatic heterocycles. The Labute approximate surface area is 90.6 Å². The van der Waals surface area contributed by atoms with Crippen LogP contribution in [0.3, 0.4) is 0 Å². The van der Waals surface area contributed by atoms with Crippen molar-refractivity contribution >= 4 is 11.3 Å². The minimum Gasteiger partial charge on any atom is -0.379 e. The first-order valence-corrected chi connectivity index (χ1v) is 5.45. The summed E-state index contributed by atoms with van der Waals surface area (Å²) >= 11 is 1.03. The molecule has 0 fully saturated rings. The third kappa shape index (κ3) is 3.50. The summed E-state index contributed by atoms with van der Waals surface area (Å²) in [5.41, 5.74) is 0. The monoisotopic (exact) mass is 238 g/mol. The summed E-state index contributed by atoms with van der Waals surface area (Å²) in [6.45, 7) is 4.00. The van der Waals surface area contributed by atoms with Crippen LogP contribution in [0.25, 0.3) is 0 Å². The molecule has 0 aromatic carbocycles. The number of rotatable bonds is 3. The zero-order valence-corrected chi connectivity index (χ0v) is 9.32. The average Bonchev–Trinajstić information content (AvgIpc) is 2.48. The normalized spacial score (nSPS) is 14.6. The fourth-order valence-electron chi connectivity index (χ4n) is 1.21. The fourth-order valence-corrected chi connectivity index (χ4v) is 2.45. The van der Waals surface area contributed by atoms with Gasteiger partial charge in [-0.3, -0.25) is 0 Å². The molecule has 0 radical (unpaired) electrons. The van der Waals surface area contributed by atoms with Crippen LogP contribution in [0, 0.1) is 5.92 Å². The van der Waals surface area contributed by atoms with E-state index in [2.05, 4.69) is 0 Å². The molecular weight excluding hydrogens is 225 g/mol. The summed E-state index contributed by atoms with van der Waals surface area (Å²) in [6, 6.07) is 3.00. The molecule has 1 aromatic rings. The third-order valence-corrected chi connectivity index (χ3v) is 3.03. The summed E-state index contributed by atoms with van der Waals surface area (Å²) in [4.78, 5) is 0.849. The van der Waals surface area contributed by atoms with Crippen molar-refractivity contribution in [3.8, 4) is 0 Å². The van der Waals surface area contributed by atoms with E-state index in [4.69, 9.17) is 5.11 Å². The molecule has 0 saturated heterocycles. The molecule has 1 heterocycles. The van der Waals surface area contributed by atoms with Crippen LogP contribution in [0.15, 0.2) is 12.1 Å². The van der Waals surface area contributed by atoms with Gasteiger partial charge in [0.2, 0.25) is 0 Å². The molecule has 1 rings (SSSR count). The van der Waals surface area contributed by atoms with Crippen molar-refractivity contribution in [2.24, 2.45) is 5.92 Å². The third-order valence-electron chi connectivity index (χ3n) is 1.87. The van der Waals surface area contributed by atoms with Crippen LogP contribution in [0.5, 0.6) is 0 Å². The van der Waals surface area contributed by atoms with E-state index in [9.17, 15) is 13.2 Å². The van der Waals surface area contributed by atoms with Crippen LogP contribution in [0.2, 0.25) is 0 Å². The number of halogens is 3. The lowest BCUT2D eigenvalue weighted by atomic mass is 10.1. The molecule has 0 aliphatic heterocycles. The number of alkyl halides is 3. The molecule has 1 atom stereocenters. The quantitative estimate of drug-likeness (QED) is 0.853. The lowest BCUT2D eigenvalue weighted by molar-refractivity contribution is -0.205. The van der Waals surface area contributed by atoms with E-state index < -0.39 is 12.3 Å². The first-order chi connectivity index (χ1) is 6.80. The Hall–Kier alpha value is -0.550. The summed E-state index contributed by atoms with van der Waals surface area (Å²) in [7, 11) is 0. The standard InChI is InChI=1S/C10H13F3OS/c1-6(2)5-7-3-4-8(15-7)9(14)10(11,12)13/h3-4,6,9,14H,5H2,1-2H3. The Morgan fingerprint density at radius 3 is 2.40 bits per heavy atom. The number of aliphatic hydroxyl groups excluding tert-OH is 1. The predicted octanol–water partition coefficient (Wildman–Crippen LogP) is 3.54. The second kappa shape index (κ2) is 4.53. The Morgan fingerprint density at radius 1 is 1.33 bits per heavy atom. The van der Waals surface area contributed by atoms with E-state index in [1.807, 2.05) is 13.8 Å². The highest BCUT2D eigenvalue weighted by Gasteiger charge is 2.40. The Balaban J connectivity index is 2.76. The van der Waals surface area contributed by atoms with Crippen LogP contribution < -0.4 is 0 Å². The smallest absolute Gasteiger partial charge is 0.379 e. The summed E-state index contributed by atoms with van der Waals surface area (Å²) < 4.78 is 36.5. The van der Waals surface area contributed by atoms with Gasteiger partial charge in [-0.2, -0.15) is 13.2 Å². The molecule has 1 unspecified atom stereocenters. The van der Waals surface area contributed by atoms with Crippen LogP contribution in [0.4, 0.5) is 13.2 Å². The van der Waals surface area contributed by atoms with Crippen molar-refractivity contribution in [3.63, 3.8) is 0 Å². The molecule has 15 heavy (non-hydrogen) atoms. The minimum absolute atomic E-state index is 0.0295. The largest absolute Gasteiger partial charge is 0.419 e. The van der Waals surface area contributed by atoms with E-state index in [0.29, 0.717) is 5.92 Å². The van der Waals surface area contributed by atoms with Crippen molar-refractivity contribution < 1.29 is 18.3 Å². The number of aliphatic hydroxyl groups is 1. The Bertz CT molecular complexity index is 317. The van der Waals surface area contributed by atoms with Crippen LogP contribution in [-0.2, 0) is 6.42 Å². The zero-order chi connectivity index (χ0) is 11.6. The highest BCUT2D eigenvalue weighted by Crippen LogP contribution is 2.36. The van der Waals surface area contributed by atoms with Gasteiger partial charge in [0.25, 0.3) is 0 Å². The van der Waals surface area contributed by atoms with Gasteiger partial charge >= 0.3 is 6.18 Å². The summed E-state index contributed by atoms with van der Waals surface area (Å²) in [5, 5.41) is 8.99. The molecule has 0 saturated carbocycles. The van der Waals surface area contributed by atoms with Crippen LogP contribution in [0.1, 0.15) is 29.7 Å². The van der Waals surface area contributed by atoms with Gasteiger partial charge in [0, 0.05) is 9.75 Å². The summed E-state index contributed by atoms with van der Waals surface area (Å²) in [6.07, 6.45) is -6.17. The maximum Gasteiger partial charge on any atom is 0.419 e. The van der Waals surface area contributed by atoms with Crippen LogP contribution >= 0.6 is 11.3 Å². The SMILES string of the molecule is CC(C)Cc1ccc(C(O)C(F)(F)F)s1. The van der Waals surface area contributed by atoms with Crippen molar-refractivity contribution in [2.45, 2.75) is 32.5 Å². The highest BCUT2D eigenvalue weighted by molar-refractivity contribution is 7.12. The molecular formula is C10H13F3OS. The second-order valence-electron chi connectivity index (χ2n) is 3.85. The lowest BCUT2D eigenvalue weighted by Crippen LogP contribution is -2.18. The van der Waals surface area contributed by atoms with E-state index in [1.54, 1.807) is 6.07 Å². The van der Waals surface area contributed by atoms with E-state index >= 15 is 0 Å². The van der Waals surface area contributed by atoms with Gasteiger partial charge in [-0.15, -0.1) is 11.3 Å². The van der Waals surface area contributed by atoms with Gasteiger partial charge in [0.15, 0.2) is 6.10 Å². The minimum atomic E-state index is -4.57. The fraction of sp³-hybridized carbons (Fsp3) is 0.600. The number of thiophene rings is 1. The van der Waals surface area contributed by atoms with E-state index in [-0.39, 0.29) is 4.88 Å². The number of hydrogen-bond donors (Lipinski definition) is 1. The van der Waals surface area contributed by atoms with Crippen molar-refractivity contribution in [1.29, 1.82) is 0 Å². The second-order valence-corrected chi connectivity index (χ2v) is 5.05. The summed E-state index contributed by atoms with van der Waals surface area (Å²) in [5.74, 6) is 0.402. The average molecular weight is 238 g/mol. The molecule has 0 bridgehead atoms. The van der Waals surface area contributed by atoms with Gasteiger partial charge in [-0.05, 0) is 24.5 Å². The zero-order valence-electron chi connectivity index (χ0n) is 8.51. The molecule has 0 aliphatic rings. The molecule has 0 spiro atoms. The molecule has 5 heteroatoms. The van der Waals surface area contributed by atoms with Gasteiger partial charge < -0.3 is 5.11 Å². The predicted molar refractivity (Wildman–Crippen MR) is 53.9 cm³/mol.